The lowest BCUT2D eigenvalue weighted by molar-refractivity contribution is -0.119. The molecule has 30 heavy (non-hydrogen) atoms. The first kappa shape index (κ1) is 22.3. The molecule has 4 rings (SSSR count). The van der Waals surface area contributed by atoms with E-state index >= 15 is 0 Å². The second-order valence-corrected chi connectivity index (χ2v) is 7.69. The van der Waals surface area contributed by atoms with Crippen LogP contribution in [-0.2, 0) is 16.6 Å². The Labute approximate surface area is 182 Å². The monoisotopic (exact) mass is 433 g/mol. The van der Waals surface area contributed by atoms with E-state index < -0.39 is 0 Å². The first-order chi connectivity index (χ1) is 14.0. The van der Waals surface area contributed by atoms with Crippen LogP contribution < -0.4 is 10.6 Å². The molecule has 0 saturated carbocycles. The van der Waals surface area contributed by atoms with E-state index in [1.807, 2.05) is 44.6 Å². The summed E-state index contributed by atoms with van der Waals surface area (Å²) in [6, 6.07) is 5.49. The van der Waals surface area contributed by atoms with Gasteiger partial charge in [-0.3, -0.25) is 14.3 Å². The van der Waals surface area contributed by atoms with E-state index in [1.165, 1.54) is 0 Å². The van der Waals surface area contributed by atoms with Crippen LogP contribution in [0.25, 0.3) is 0 Å². The molecule has 0 spiro atoms. The molecular formula is C21H28ClN5O3. The highest BCUT2D eigenvalue weighted by molar-refractivity contribution is 6.00. The fourth-order valence-electron chi connectivity index (χ4n) is 4.10. The lowest BCUT2D eigenvalue weighted by atomic mass is 9.90. The Hall–Kier alpha value is -2.42. The van der Waals surface area contributed by atoms with E-state index in [0.29, 0.717) is 44.1 Å². The maximum absolute atomic E-state index is 13.1. The molecule has 0 aliphatic carbocycles. The molecule has 0 unspecified atom stereocenters. The van der Waals surface area contributed by atoms with Gasteiger partial charge in [0, 0.05) is 56.6 Å². The van der Waals surface area contributed by atoms with Gasteiger partial charge in [-0.1, -0.05) is 6.07 Å². The summed E-state index contributed by atoms with van der Waals surface area (Å²) in [5, 5.41) is 10.6. The van der Waals surface area contributed by atoms with Gasteiger partial charge in [0.15, 0.2) is 0 Å². The Morgan fingerprint density at radius 1 is 1.23 bits per heavy atom. The summed E-state index contributed by atoms with van der Waals surface area (Å²) in [6.07, 6.45) is 3.79. The molecular weight excluding hydrogens is 406 g/mol. The highest BCUT2D eigenvalue weighted by Gasteiger charge is 2.35. The van der Waals surface area contributed by atoms with Gasteiger partial charge in [-0.25, -0.2) is 0 Å². The standard InChI is InChI=1S/C21H27N5O3.ClH/c1-14-16(21(28)26-6-8-29-9-7-26)4-3-5-19(14)24-20(27)18-12-22-11-17(18)15-10-23-25(2)13-15;/h3-5,10,13,17-18,22H,6-9,11-12H2,1-2H3,(H,24,27);1H/t17-,18+;/m1./s1. The van der Waals surface area contributed by atoms with E-state index in [2.05, 4.69) is 15.7 Å². The minimum atomic E-state index is -0.183. The van der Waals surface area contributed by atoms with Crippen LogP contribution in [0.4, 0.5) is 5.69 Å². The Morgan fingerprint density at radius 3 is 2.70 bits per heavy atom. The lowest BCUT2D eigenvalue weighted by Gasteiger charge is -2.27. The largest absolute Gasteiger partial charge is 0.378 e. The number of ether oxygens (including phenoxy) is 1. The van der Waals surface area contributed by atoms with Crippen LogP contribution in [0.1, 0.15) is 27.4 Å². The number of carbonyl (C=O) groups is 2. The average molecular weight is 434 g/mol. The normalized spacial score (nSPS) is 21.2. The third-order valence-corrected chi connectivity index (χ3v) is 5.82. The van der Waals surface area contributed by atoms with Crippen molar-refractivity contribution in [3.63, 3.8) is 0 Å². The minimum absolute atomic E-state index is 0. The van der Waals surface area contributed by atoms with Crippen molar-refractivity contribution in [2.24, 2.45) is 13.0 Å². The number of anilines is 1. The number of hydrogen-bond donors (Lipinski definition) is 2. The fraction of sp³-hybridized carbons (Fsp3) is 0.476. The van der Waals surface area contributed by atoms with Crippen LogP contribution in [0, 0.1) is 12.8 Å². The molecule has 1 aromatic heterocycles. The number of benzene rings is 1. The highest BCUT2D eigenvalue weighted by atomic mass is 35.5. The van der Waals surface area contributed by atoms with Gasteiger partial charge in [-0.2, -0.15) is 5.10 Å². The van der Waals surface area contributed by atoms with E-state index in [1.54, 1.807) is 9.58 Å². The van der Waals surface area contributed by atoms with Crippen molar-refractivity contribution < 1.29 is 14.3 Å². The number of amides is 2. The molecule has 3 heterocycles. The third-order valence-electron chi connectivity index (χ3n) is 5.82. The molecule has 9 heteroatoms. The maximum Gasteiger partial charge on any atom is 0.254 e. The molecule has 2 aliphatic rings. The molecule has 8 nitrogen and oxygen atoms in total. The SMILES string of the molecule is Cc1c(NC(=O)[C@H]2CNC[C@@H]2c2cnn(C)c2)cccc1C(=O)N1CCOCC1.Cl. The van der Waals surface area contributed by atoms with Crippen LogP contribution in [-0.4, -0.2) is 65.9 Å². The Balaban J connectivity index is 0.00000256. The molecule has 2 aromatic rings. The first-order valence-corrected chi connectivity index (χ1v) is 10.0. The van der Waals surface area contributed by atoms with Crippen LogP contribution in [0.2, 0.25) is 0 Å². The quantitative estimate of drug-likeness (QED) is 0.764. The van der Waals surface area contributed by atoms with E-state index in [9.17, 15) is 9.59 Å². The van der Waals surface area contributed by atoms with Crippen molar-refractivity contribution in [3.8, 4) is 0 Å². The molecule has 162 valence electrons. The molecule has 1 aromatic carbocycles. The minimum Gasteiger partial charge on any atom is -0.378 e. The zero-order chi connectivity index (χ0) is 20.4. The van der Waals surface area contributed by atoms with Crippen molar-refractivity contribution >= 4 is 29.9 Å². The summed E-state index contributed by atoms with van der Waals surface area (Å²) in [4.78, 5) is 27.7. The van der Waals surface area contributed by atoms with Crippen molar-refractivity contribution in [1.82, 2.24) is 20.0 Å². The van der Waals surface area contributed by atoms with E-state index in [-0.39, 0.29) is 36.1 Å². The predicted octanol–water partition coefficient (Wildman–Crippen LogP) is 1.56. The number of halogens is 1. The number of nitrogens with one attached hydrogen (secondary N) is 2. The number of carbonyl (C=O) groups excluding carboxylic acids is 2. The Morgan fingerprint density at radius 2 is 2.00 bits per heavy atom. The number of aromatic nitrogens is 2. The Kier molecular flexibility index (Phi) is 7.12. The predicted molar refractivity (Wildman–Crippen MR) is 116 cm³/mol. The van der Waals surface area contributed by atoms with Gasteiger partial charge in [-0.15, -0.1) is 12.4 Å². The molecule has 2 atom stereocenters. The molecule has 2 saturated heterocycles. The second-order valence-electron chi connectivity index (χ2n) is 7.69. The van der Waals surface area contributed by atoms with E-state index in [4.69, 9.17) is 4.74 Å². The molecule has 0 bridgehead atoms. The van der Waals surface area contributed by atoms with Crippen LogP contribution in [0.15, 0.2) is 30.6 Å². The summed E-state index contributed by atoms with van der Waals surface area (Å²) in [7, 11) is 1.88. The van der Waals surface area contributed by atoms with Crippen molar-refractivity contribution in [2.75, 3.05) is 44.7 Å². The van der Waals surface area contributed by atoms with Crippen molar-refractivity contribution in [1.29, 1.82) is 0 Å². The Bertz CT molecular complexity index is 910. The highest BCUT2D eigenvalue weighted by Crippen LogP contribution is 2.30. The maximum atomic E-state index is 13.1. The third kappa shape index (κ3) is 4.50. The number of rotatable bonds is 4. The van der Waals surface area contributed by atoms with Gasteiger partial charge in [-0.05, 0) is 30.2 Å². The van der Waals surface area contributed by atoms with Gasteiger partial charge in [0.05, 0.1) is 25.3 Å². The molecule has 0 radical (unpaired) electrons. The van der Waals surface area contributed by atoms with Gasteiger partial charge < -0.3 is 20.3 Å². The molecule has 2 aliphatic heterocycles. The van der Waals surface area contributed by atoms with Gasteiger partial charge in [0.25, 0.3) is 5.91 Å². The van der Waals surface area contributed by atoms with Gasteiger partial charge in [0.1, 0.15) is 0 Å². The van der Waals surface area contributed by atoms with Crippen molar-refractivity contribution in [2.45, 2.75) is 12.8 Å². The lowest BCUT2D eigenvalue weighted by Crippen LogP contribution is -2.41. The summed E-state index contributed by atoms with van der Waals surface area (Å²) in [6.45, 7) is 5.56. The summed E-state index contributed by atoms with van der Waals surface area (Å²) >= 11 is 0. The van der Waals surface area contributed by atoms with Gasteiger partial charge in [0.2, 0.25) is 5.91 Å². The van der Waals surface area contributed by atoms with Crippen LogP contribution in [0.5, 0.6) is 0 Å². The fourth-order valence-corrected chi connectivity index (χ4v) is 4.10. The first-order valence-electron chi connectivity index (χ1n) is 10.0. The molecule has 2 fully saturated rings. The van der Waals surface area contributed by atoms with Gasteiger partial charge >= 0.3 is 0 Å². The zero-order valence-corrected chi connectivity index (χ0v) is 18.1. The number of aryl methyl sites for hydroxylation is 1. The van der Waals surface area contributed by atoms with Crippen LogP contribution in [0.3, 0.4) is 0 Å². The number of hydrogen-bond acceptors (Lipinski definition) is 5. The zero-order valence-electron chi connectivity index (χ0n) is 17.3. The summed E-state index contributed by atoms with van der Waals surface area (Å²) < 4.78 is 7.09. The number of morpholine rings is 1. The molecule has 2 amide bonds. The van der Waals surface area contributed by atoms with E-state index in [0.717, 1.165) is 17.7 Å². The summed E-state index contributed by atoms with van der Waals surface area (Å²) in [5.41, 5.74) is 3.16. The second kappa shape index (κ2) is 9.59. The van der Waals surface area contributed by atoms with Crippen molar-refractivity contribution in [3.05, 3.63) is 47.3 Å². The average Bonchev–Trinajstić information content (AvgIpc) is 3.38. The summed E-state index contributed by atoms with van der Waals surface area (Å²) in [5.74, 6) is -0.153. The smallest absolute Gasteiger partial charge is 0.254 e. The van der Waals surface area contributed by atoms with Crippen LogP contribution >= 0.6 is 12.4 Å². The number of nitrogens with zero attached hydrogens (tertiary/aromatic N) is 3. The molecule has 2 N–H and O–H groups in total. The topological polar surface area (TPSA) is 88.5 Å².